The van der Waals surface area contributed by atoms with E-state index in [1.165, 1.54) is 128 Å². The molecule has 1 atom stereocenters. The van der Waals surface area contributed by atoms with Crippen LogP contribution in [0, 0.1) is 0 Å². The van der Waals surface area contributed by atoms with E-state index in [9.17, 15) is 14.4 Å². The number of carbonyl (C=O) groups excluding carboxylic acids is 3. The molecule has 6 heteroatoms. The first-order valence-corrected chi connectivity index (χ1v) is 31.7. The SMILES string of the molecule is CC/C=C\C/C=C\C/C=C\C/C=C\C/C=C\C/C=C\CCC(=O)O[C@H](COC(=O)CCCCC/C=C\C/C=C\C/C=C\C/C=C\CCCCC)COC(=O)CCCCCCCCCCCCC/C=C\CCCCCCCC. The summed E-state index contributed by atoms with van der Waals surface area (Å²) in [7, 11) is 0. The Morgan fingerprint density at radius 1 is 0.273 bits per heavy atom. The van der Waals surface area contributed by atoms with E-state index in [4.69, 9.17) is 14.2 Å². The topological polar surface area (TPSA) is 78.9 Å². The summed E-state index contributed by atoms with van der Waals surface area (Å²) in [6, 6.07) is 0. The van der Waals surface area contributed by atoms with E-state index < -0.39 is 12.1 Å². The van der Waals surface area contributed by atoms with Crippen LogP contribution in [0.5, 0.6) is 0 Å². The molecule has 0 saturated carbocycles. The minimum Gasteiger partial charge on any atom is -0.462 e. The van der Waals surface area contributed by atoms with Crippen molar-refractivity contribution in [3.05, 3.63) is 134 Å². The Morgan fingerprint density at radius 3 is 0.896 bits per heavy atom. The number of hydrogen-bond donors (Lipinski definition) is 0. The first-order valence-electron chi connectivity index (χ1n) is 31.7. The van der Waals surface area contributed by atoms with Gasteiger partial charge in [0.2, 0.25) is 0 Å². The van der Waals surface area contributed by atoms with E-state index in [-0.39, 0.29) is 31.6 Å². The lowest BCUT2D eigenvalue weighted by atomic mass is 10.0. The van der Waals surface area contributed by atoms with Crippen molar-refractivity contribution in [3.63, 3.8) is 0 Å². The van der Waals surface area contributed by atoms with E-state index in [1.807, 2.05) is 12.2 Å². The van der Waals surface area contributed by atoms with Crippen molar-refractivity contribution in [2.75, 3.05) is 13.2 Å². The maximum Gasteiger partial charge on any atom is 0.306 e. The molecule has 0 aliphatic heterocycles. The molecule has 0 radical (unpaired) electrons. The lowest BCUT2D eigenvalue weighted by molar-refractivity contribution is -0.166. The molecular formula is C71H116O6. The van der Waals surface area contributed by atoms with Gasteiger partial charge in [-0.05, 0) is 128 Å². The zero-order valence-corrected chi connectivity index (χ0v) is 49.9. The third-order valence-corrected chi connectivity index (χ3v) is 13.1. The number of ether oxygens (including phenoxy) is 3. The fourth-order valence-electron chi connectivity index (χ4n) is 8.39. The highest BCUT2D eigenvalue weighted by Crippen LogP contribution is 2.15. The summed E-state index contributed by atoms with van der Waals surface area (Å²) in [6.45, 7) is 6.42. The highest BCUT2D eigenvalue weighted by molar-refractivity contribution is 5.71. The lowest BCUT2D eigenvalue weighted by Gasteiger charge is -2.18. The smallest absolute Gasteiger partial charge is 0.306 e. The summed E-state index contributed by atoms with van der Waals surface area (Å²) in [6.07, 6.45) is 90.3. The second kappa shape index (κ2) is 64.1. The molecule has 0 unspecified atom stereocenters. The molecular weight excluding hydrogens is 949 g/mol. The van der Waals surface area contributed by atoms with Crippen LogP contribution in [0.3, 0.4) is 0 Å². The molecule has 6 nitrogen and oxygen atoms in total. The van der Waals surface area contributed by atoms with Crippen LogP contribution in [0.1, 0.15) is 278 Å². The van der Waals surface area contributed by atoms with Crippen LogP contribution in [-0.4, -0.2) is 37.2 Å². The molecule has 0 aromatic heterocycles. The Labute approximate surface area is 475 Å². The van der Waals surface area contributed by atoms with Gasteiger partial charge in [0.05, 0.1) is 0 Å². The van der Waals surface area contributed by atoms with Crippen LogP contribution in [0.25, 0.3) is 0 Å². The van der Waals surface area contributed by atoms with Crippen LogP contribution in [0.2, 0.25) is 0 Å². The normalized spacial score (nSPS) is 13.0. The highest BCUT2D eigenvalue weighted by Gasteiger charge is 2.19. The summed E-state index contributed by atoms with van der Waals surface area (Å²) in [5, 5.41) is 0. The molecule has 0 spiro atoms. The average molecular weight is 1070 g/mol. The number of rotatable bonds is 56. The van der Waals surface area contributed by atoms with Crippen molar-refractivity contribution >= 4 is 17.9 Å². The van der Waals surface area contributed by atoms with Crippen molar-refractivity contribution < 1.29 is 28.6 Å². The quantitative estimate of drug-likeness (QED) is 0.0261. The van der Waals surface area contributed by atoms with Crippen LogP contribution >= 0.6 is 0 Å². The van der Waals surface area contributed by atoms with Gasteiger partial charge in [0.25, 0.3) is 0 Å². The second-order valence-electron chi connectivity index (χ2n) is 20.6. The standard InChI is InChI=1S/C71H116O6/c1-4-7-10-13-16-19-22-25-28-31-34-35-38-40-43-46-49-52-55-58-61-64-70(73)76-67-68(77-71(74)65-62-59-56-53-50-47-44-41-37-33-30-27-24-21-18-15-12-9-6-3)66-75-69(72)63-60-57-54-51-48-45-42-39-36-32-29-26-23-20-17-14-11-8-5-2/h9,12,17-18,20-21,25-30,36-37,39,41,45,47-48,50,56,59,68H,4-8,10-11,13-16,19,22-24,31-35,38,40,42-44,46,49,51-55,57-58,60-67H2,1-3H3/b12-9-,20-17-,21-18-,28-25-,29-26-,30-27-,39-36-,41-37-,48-45-,50-47-,59-56-/t68-/m1/s1. The zero-order valence-electron chi connectivity index (χ0n) is 49.9. The number of carbonyl (C=O) groups is 3. The Balaban J connectivity index is 4.55. The first-order chi connectivity index (χ1) is 38.0. The van der Waals surface area contributed by atoms with Gasteiger partial charge in [-0.15, -0.1) is 0 Å². The molecule has 0 fully saturated rings. The third-order valence-electron chi connectivity index (χ3n) is 13.1. The summed E-state index contributed by atoms with van der Waals surface area (Å²) >= 11 is 0. The summed E-state index contributed by atoms with van der Waals surface area (Å²) in [4.78, 5) is 38.3. The van der Waals surface area contributed by atoms with Gasteiger partial charge in [0.15, 0.2) is 6.10 Å². The molecule has 0 heterocycles. The average Bonchev–Trinajstić information content (AvgIpc) is 3.43. The van der Waals surface area contributed by atoms with E-state index >= 15 is 0 Å². The van der Waals surface area contributed by atoms with Gasteiger partial charge in [0, 0.05) is 19.3 Å². The molecule has 77 heavy (non-hydrogen) atoms. The lowest BCUT2D eigenvalue weighted by Crippen LogP contribution is -2.30. The predicted octanol–water partition coefficient (Wildman–Crippen LogP) is 21.8. The van der Waals surface area contributed by atoms with Crippen molar-refractivity contribution in [1.29, 1.82) is 0 Å². The van der Waals surface area contributed by atoms with E-state index in [2.05, 4.69) is 142 Å². The maximum atomic E-state index is 12.9. The fraction of sp³-hybridized carbons (Fsp3) is 0.648. The maximum absolute atomic E-state index is 12.9. The van der Waals surface area contributed by atoms with Gasteiger partial charge in [-0.1, -0.05) is 264 Å². The summed E-state index contributed by atoms with van der Waals surface area (Å²) in [5.41, 5.74) is 0. The van der Waals surface area contributed by atoms with Gasteiger partial charge < -0.3 is 14.2 Å². The van der Waals surface area contributed by atoms with Crippen LogP contribution in [0.4, 0.5) is 0 Å². The molecule has 436 valence electrons. The van der Waals surface area contributed by atoms with Crippen molar-refractivity contribution in [1.82, 2.24) is 0 Å². The van der Waals surface area contributed by atoms with Crippen LogP contribution < -0.4 is 0 Å². The van der Waals surface area contributed by atoms with Crippen molar-refractivity contribution in [2.45, 2.75) is 284 Å². The van der Waals surface area contributed by atoms with Gasteiger partial charge in [-0.3, -0.25) is 14.4 Å². The van der Waals surface area contributed by atoms with Crippen LogP contribution in [0.15, 0.2) is 134 Å². The minimum absolute atomic E-state index is 0.122. The second-order valence-corrected chi connectivity index (χ2v) is 20.6. The van der Waals surface area contributed by atoms with Gasteiger partial charge in [-0.2, -0.15) is 0 Å². The third kappa shape index (κ3) is 62.3. The predicted molar refractivity (Wildman–Crippen MR) is 334 cm³/mol. The molecule has 0 aromatic carbocycles. The number of esters is 3. The molecule has 0 N–H and O–H groups in total. The van der Waals surface area contributed by atoms with E-state index in [1.54, 1.807) is 0 Å². The largest absolute Gasteiger partial charge is 0.462 e. The van der Waals surface area contributed by atoms with Crippen molar-refractivity contribution in [3.8, 4) is 0 Å². The molecule has 0 aromatic rings. The molecule has 0 bridgehead atoms. The van der Waals surface area contributed by atoms with Gasteiger partial charge >= 0.3 is 17.9 Å². The Morgan fingerprint density at radius 2 is 0.532 bits per heavy atom. The molecule has 0 aliphatic carbocycles. The molecule has 0 saturated heterocycles. The number of unbranched alkanes of at least 4 members (excludes halogenated alkanes) is 23. The minimum atomic E-state index is -0.838. The molecule has 0 amide bonds. The van der Waals surface area contributed by atoms with Crippen molar-refractivity contribution in [2.24, 2.45) is 0 Å². The van der Waals surface area contributed by atoms with E-state index in [0.717, 1.165) is 103 Å². The fourth-order valence-corrected chi connectivity index (χ4v) is 8.39. The Bertz CT molecular complexity index is 1650. The highest BCUT2D eigenvalue weighted by atomic mass is 16.6. The Kier molecular flexibility index (Phi) is 60.4. The Hall–Kier alpha value is -4.45. The monoisotopic (exact) mass is 1060 g/mol. The zero-order chi connectivity index (χ0) is 55.7. The van der Waals surface area contributed by atoms with Gasteiger partial charge in [0.1, 0.15) is 13.2 Å². The van der Waals surface area contributed by atoms with E-state index in [0.29, 0.717) is 19.3 Å². The number of allylic oxidation sites excluding steroid dienone is 22. The van der Waals surface area contributed by atoms with Gasteiger partial charge in [-0.25, -0.2) is 0 Å². The van der Waals surface area contributed by atoms with Crippen LogP contribution in [-0.2, 0) is 28.6 Å². The first kappa shape index (κ1) is 72.5. The molecule has 0 aliphatic rings. The summed E-state index contributed by atoms with van der Waals surface area (Å²) in [5.74, 6) is -1.04. The number of hydrogen-bond acceptors (Lipinski definition) is 6. The molecule has 0 rings (SSSR count). The summed E-state index contributed by atoms with van der Waals surface area (Å²) < 4.78 is 16.8.